The summed E-state index contributed by atoms with van der Waals surface area (Å²) in [6, 6.07) is 6.56. The van der Waals surface area contributed by atoms with Gasteiger partial charge in [-0.15, -0.1) is 6.42 Å². The first-order valence-corrected chi connectivity index (χ1v) is 8.58. The van der Waals surface area contributed by atoms with Crippen molar-refractivity contribution in [3.8, 4) is 23.6 Å². The van der Waals surface area contributed by atoms with Gasteiger partial charge in [-0.2, -0.15) is 0 Å². The first-order valence-electron chi connectivity index (χ1n) is 8.58. The lowest BCUT2D eigenvalue weighted by Crippen LogP contribution is -2.34. The van der Waals surface area contributed by atoms with Gasteiger partial charge in [-0.05, 0) is 23.6 Å². The molecular weight excluding hydrogens is 336 g/mol. The lowest BCUT2D eigenvalue weighted by Gasteiger charge is -2.23. The Morgan fingerprint density at radius 3 is 2.73 bits per heavy atom. The quantitative estimate of drug-likeness (QED) is 0.841. The van der Waals surface area contributed by atoms with E-state index in [0.29, 0.717) is 11.5 Å². The van der Waals surface area contributed by atoms with Crippen LogP contribution in [0.2, 0.25) is 0 Å². The molecule has 0 spiro atoms. The molecule has 3 rings (SSSR count). The fraction of sp³-hybridized carbons (Fsp3) is 0.400. The number of H-pyrrole nitrogens is 1. The van der Waals surface area contributed by atoms with E-state index >= 15 is 0 Å². The molecule has 1 aromatic carbocycles. The maximum absolute atomic E-state index is 14.0. The van der Waals surface area contributed by atoms with Crippen molar-refractivity contribution in [1.29, 1.82) is 0 Å². The minimum Gasteiger partial charge on any atom is -0.340 e. The van der Waals surface area contributed by atoms with Gasteiger partial charge < -0.3 is 9.88 Å². The highest BCUT2D eigenvalue weighted by molar-refractivity contribution is 5.77. The molecule has 1 aliphatic rings. The molecule has 0 saturated carbocycles. The van der Waals surface area contributed by atoms with Crippen molar-refractivity contribution in [2.75, 3.05) is 6.54 Å². The van der Waals surface area contributed by atoms with Gasteiger partial charge in [-0.1, -0.05) is 31.9 Å². The van der Waals surface area contributed by atoms with E-state index in [4.69, 9.17) is 6.42 Å². The lowest BCUT2D eigenvalue weighted by atomic mass is 10.1. The van der Waals surface area contributed by atoms with Crippen molar-refractivity contribution in [3.05, 3.63) is 41.9 Å². The largest absolute Gasteiger partial charge is 0.340 e. The van der Waals surface area contributed by atoms with Crippen LogP contribution >= 0.6 is 0 Å². The SMILES string of the molecule is C#Cc1ccc(-c2cnc([C@@H]3CC(F)(F)CN3C(=O)CC(C)C)[nH]2)cc1. The van der Waals surface area contributed by atoms with Gasteiger partial charge in [-0.3, -0.25) is 4.79 Å². The number of aromatic nitrogens is 2. The molecule has 136 valence electrons. The summed E-state index contributed by atoms with van der Waals surface area (Å²) < 4.78 is 28.0. The van der Waals surface area contributed by atoms with Gasteiger partial charge in [0.25, 0.3) is 5.92 Å². The number of likely N-dealkylation sites (tertiary alicyclic amines) is 1. The van der Waals surface area contributed by atoms with Gasteiger partial charge in [0.2, 0.25) is 5.91 Å². The minimum atomic E-state index is -2.90. The van der Waals surface area contributed by atoms with Crippen molar-refractivity contribution >= 4 is 5.91 Å². The van der Waals surface area contributed by atoms with Gasteiger partial charge in [0, 0.05) is 18.4 Å². The Kier molecular flexibility index (Phi) is 4.82. The Hall–Kier alpha value is -2.68. The molecule has 1 aromatic heterocycles. The number of carbonyl (C=O) groups is 1. The summed E-state index contributed by atoms with van der Waals surface area (Å²) in [5.74, 6) is -0.129. The summed E-state index contributed by atoms with van der Waals surface area (Å²) in [5, 5.41) is 0. The zero-order chi connectivity index (χ0) is 18.9. The van der Waals surface area contributed by atoms with E-state index in [2.05, 4.69) is 15.9 Å². The first-order chi connectivity index (χ1) is 12.3. The highest BCUT2D eigenvalue weighted by Gasteiger charge is 2.48. The molecular formula is C20H21F2N3O. The Morgan fingerprint density at radius 1 is 1.42 bits per heavy atom. The summed E-state index contributed by atoms with van der Waals surface area (Å²) in [5.41, 5.74) is 2.32. The minimum absolute atomic E-state index is 0.110. The Labute approximate surface area is 151 Å². The number of aromatic amines is 1. The number of terminal acetylenes is 1. The number of hydrogen-bond acceptors (Lipinski definition) is 2. The Bertz CT molecular complexity index is 833. The number of nitrogens with zero attached hydrogens (tertiary/aromatic N) is 2. The van der Waals surface area contributed by atoms with E-state index in [1.54, 1.807) is 18.3 Å². The van der Waals surface area contributed by atoms with Crippen LogP contribution < -0.4 is 0 Å². The van der Waals surface area contributed by atoms with Crippen LogP contribution in [-0.4, -0.2) is 33.2 Å². The van der Waals surface area contributed by atoms with Crippen LogP contribution in [0.3, 0.4) is 0 Å². The predicted octanol–water partition coefficient (Wildman–Crippen LogP) is 4.01. The molecule has 0 aliphatic carbocycles. The molecule has 2 heterocycles. The van der Waals surface area contributed by atoms with Crippen LogP contribution in [0.1, 0.15) is 44.1 Å². The summed E-state index contributed by atoms with van der Waals surface area (Å²) in [6.07, 6.45) is 6.78. The molecule has 1 N–H and O–H groups in total. The number of rotatable bonds is 4. The van der Waals surface area contributed by atoms with Crippen molar-refractivity contribution in [1.82, 2.24) is 14.9 Å². The summed E-state index contributed by atoms with van der Waals surface area (Å²) in [6.45, 7) is 3.23. The fourth-order valence-corrected chi connectivity index (χ4v) is 3.19. The maximum atomic E-state index is 14.0. The normalized spacial score (nSPS) is 18.9. The first kappa shape index (κ1) is 18.1. The van der Waals surface area contributed by atoms with E-state index in [-0.39, 0.29) is 18.2 Å². The topological polar surface area (TPSA) is 49.0 Å². The zero-order valence-electron chi connectivity index (χ0n) is 14.8. The third-order valence-electron chi connectivity index (χ3n) is 4.45. The molecule has 6 heteroatoms. The standard InChI is InChI=1S/C20H21F2N3O/c1-4-14-5-7-15(8-6-14)16-11-23-19(24-16)17-10-20(21,22)12-25(17)18(26)9-13(2)3/h1,5-8,11,13,17H,9-10,12H2,2-3H3,(H,23,24)/t17-/m0/s1. The second-order valence-corrected chi connectivity index (χ2v) is 7.10. The summed E-state index contributed by atoms with van der Waals surface area (Å²) in [4.78, 5) is 21.0. The molecule has 26 heavy (non-hydrogen) atoms. The smallest absolute Gasteiger partial charge is 0.267 e. The lowest BCUT2D eigenvalue weighted by molar-refractivity contribution is -0.134. The molecule has 4 nitrogen and oxygen atoms in total. The predicted molar refractivity (Wildman–Crippen MR) is 95.4 cm³/mol. The van der Waals surface area contributed by atoms with Gasteiger partial charge in [-0.25, -0.2) is 13.8 Å². The zero-order valence-corrected chi connectivity index (χ0v) is 14.8. The van der Waals surface area contributed by atoms with E-state index < -0.39 is 24.9 Å². The molecule has 0 bridgehead atoms. The molecule has 1 amide bonds. The Morgan fingerprint density at radius 2 is 2.12 bits per heavy atom. The van der Waals surface area contributed by atoms with Crippen LogP contribution in [0.4, 0.5) is 8.78 Å². The number of hydrogen-bond donors (Lipinski definition) is 1. The van der Waals surface area contributed by atoms with E-state index in [9.17, 15) is 13.6 Å². The number of carbonyl (C=O) groups excluding carboxylic acids is 1. The number of imidazole rings is 1. The third-order valence-corrected chi connectivity index (χ3v) is 4.45. The van der Waals surface area contributed by atoms with Crippen LogP contribution in [0.25, 0.3) is 11.3 Å². The number of alkyl halides is 2. The van der Waals surface area contributed by atoms with Crippen molar-refractivity contribution in [2.45, 2.75) is 38.7 Å². The monoisotopic (exact) mass is 357 g/mol. The van der Waals surface area contributed by atoms with E-state index in [1.165, 1.54) is 4.90 Å². The second kappa shape index (κ2) is 6.91. The molecule has 2 aromatic rings. The van der Waals surface area contributed by atoms with Crippen molar-refractivity contribution in [3.63, 3.8) is 0 Å². The second-order valence-electron chi connectivity index (χ2n) is 7.10. The van der Waals surface area contributed by atoms with Crippen molar-refractivity contribution in [2.24, 2.45) is 5.92 Å². The Balaban J connectivity index is 1.85. The molecule has 1 aliphatic heterocycles. The fourth-order valence-electron chi connectivity index (χ4n) is 3.19. The van der Waals surface area contributed by atoms with Gasteiger partial charge in [0.15, 0.2) is 0 Å². The third kappa shape index (κ3) is 3.77. The molecule has 1 fully saturated rings. The maximum Gasteiger partial charge on any atom is 0.267 e. The molecule has 0 radical (unpaired) electrons. The average Bonchev–Trinajstić information content (AvgIpc) is 3.18. The summed E-state index contributed by atoms with van der Waals surface area (Å²) >= 11 is 0. The average molecular weight is 357 g/mol. The number of nitrogens with one attached hydrogen (secondary N) is 1. The number of halogens is 2. The van der Waals surface area contributed by atoms with Crippen LogP contribution in [-0.2, 0) is 4.79 Å². The van der Waals surface area contributed by atoms with Gasteiger partial charge >= 0.3 is 0 Å². The van der Waals surface area contributed by atoms with Gasteiger partial charge in [0.1, 0.15) is 5.82 Å². The molecule has 0 unspecified atom stereocenters. The molecule has 1 atom stereocenters. The highest BCUT2D eigenvalue weighted by Crippen LogP contribution is 2.41. The summed E-state index contributed by atoms with van der Waals surface area (Å²) in [7, 11) is 0. The van der Waals surface area contributed by atoms with Gasteiger partial charge in [0.05, 0.1) is 24.5 Å². The van der Waals surface area contributed by atoms with E-state index in [0.717, 1.165) is 11.1 Å². The molecule has 1 saturated heterocycles. The van der Waals surface area contributed by atoms with Crippen LogP contribution in [0, 0.1) is 18.3 Å². The number of benzene rings is 1. The van der Waals surface area contributed by atoms with Crippen LogP contribution in [0.15, 0.2) is 30.5 Å². The van der Waals surface area contributed by atoms with Crippen molar-refractivity contribution < 1.29 is 13.6 Å². The highest BCUT2D eigenvalue weighted by atomic mass is 19.3. The van der Waals surface area contributed by atoms with E-state index in [1.807, 2.05) is 26.0 Å². The number of amides is 1. The van der Waals surface area contributed by atoms with Crippen LogP contribution in [0.5, 0.6) is 0 Å².